The van der Waals surface area contributed by atoms with E-state index in [2.05, 4.69) is 9.97 Å². The van der Waals surface area contributed by atoms with Crippen LogP contribution in [0.3, 0.4) is 0 Å². The van der Waals surface area contributed by atoms with Crippen LogP contribution in [0.2, 0.25) is 5.15 Å². The molecule has 0 aliphatic heterocycles. The lowest BCUT2D eigenvalue weighted by molar-refractivity contribution is 0.0692. The number of halogens is 1. The summed E-state index contributed by atoms with van der Waals surface area (Å²) in [6.07, 6.45) is 1.52. The van der Waals surface area contributed by atoms with Crippen molar-refractivity contribution in [3.8, 4) is 10.4 Å². The van der Waals surface area contributed by atoms with Crippen LogP contribution in [-0.4, -0.2) is 21.0 Å². The van der Waals surface area contributed by atoms with Crippen LogP contribution in [0.5, 0.6) is 0 Å². The third-order valence-corrected chi connectivity index (χ3v) is 3.07. The molecule has 2 rings (SSSR count). The molecule has 0 aliphatic carbocycles. The van der Waals surface area contributed by atoms with Crippen molar-refractivity contribution in [3.05, 3.63) is 29.2 Å². The average Bonchev–Trinajstić information content (AvgIpc) is 2.61. The molecule has 5 nitrogen and oxygen atoms in total. The number of nitrogen functional groups attached to an aromatic ring is 1. The summed E-state index contributed by atoms with van der Waals surface area (Å²) in [6, 6.07) is 3.34. The maximum absolute atomic E-state index is 10.9. The molecule has 2 heterocycles. The Labute approximate surface area is 99.5 Å². The second-order valence-electron chi connectivity index (χ2n) is 2.88. The van der Waals surface area contributed by atoms with Crippen LogP contribution in [0.15, 0.2) is 18.3 Å². The Kier molecular flexibility index (Phi) is 2.76. The monoisotopic (exact) mass is 255 g/mol. The molecule has 2 aromatic rings. The van der Waals surface area contributed by atoms with Gasteiger partial charge in [0.05, 0.1) is 4.88 Å². The maximum atomic E-state index is 10.9. The number of aromatic nitrogens is 2. The van der Waals surface area contributed by atoms with Crippen LogP contribution in [0, 0.1) is 0 Å². The molecule has 0 saturated heterocycles. The van der Waals surface area contributed by atoms with E-state index in [0.29, 0.717) is 10.4 Å². The first kappa shape index (κ1) is 10.8. The van der Waals surface area contributed by atoms with Gasteiger partial charge in [-0.3, -0.25) is 0 Å². The largest absolute Gasteiger partial charge is 0.476 e. The van der Waals surface area contributed by atoms with Gasteiger partial charge in [-0.25, -0.2) is 14.8 Å². The number of carboxylic acids is 1. The zero-order valence-corrected chi connectivity index (χ0v) is 9.42. The Hall–Kier alpha value is -1.66. The third-order valence-electron chi connectivity index (χ3n) is 1.85. The van der Waals surface area contributed by atoms with Gasteiger partial charge in [0, 0.05) is 11.8 Å². The summed E-state index contributed by atoms with van der Waals surface area (Å²) in [5.41, 5.74) is 5.91. The lowest BCUT2D eigenvalue weighted by atomic mass is 10.2. The van der Waals surface area contributed by atoms with Gasteiger partial charge in [0.15, 0.2) is 10.8 Å². The van der Waals surface area contributed by atoms with E-state index < -0.39 is 5.97 Å². The number of nitrogens with zero attached hydrogens (tertiary/aromatic N) is 2. The summed E-state index contributed by atoms with van der Waals surface area (Å²) in [6.45, 7) is 0. The predicted octanol–water partition coefficient (Wildman–Crippen LogP) is 2.14. The molecule has 7 heteroatoms. The zero-order valence-electron chi connectivity index (χ0n) is 7.85. The number of carboxylic acid groups (broad SMARTS) is 1. The normalized spacial score (nSPS) is 10.3. The van der Waals surface area contributed by atoms with Crippen molar-refractivity contribution >= 4 is 34.0 Å². The summed E-state index contributed by atoms with van der Waals surface area (Å²) in [5, 5.41) is 9.37. The summed E-state index contributed by atoms with van der Waals surface area (Å²) in [4.78, 5) is 19.0. The number of pyridine rings is 1. The van der Waals surface area contributed by atoms with Crippen molar-refractivity contribution in [3.63, 3.8) is 0 Å². The summed E-state index contributed by atoms with van der Waals surface area (Å²) < 4.78 is 0. The molecule has 16 heavy (non-hydrogen) atoms. The molecular formula is C9H6ClN3O2S. The summed E-state index contributed by atoms with van der Waals surface area (Å²) in [5.74, 6) is -1.14. The Morgan fingerprint density at radius 2 is 2.31 bits per heavy atom. The maximum Gasteiger partial charge on any atom is 0.356 e. The van der Waals surface area contributed by atoms with Crippen molar-refractivity contribution in [2.75, 3.05) is 5.73 Å². The average molecular weight is 256 g/mol. The quantitative estimate of drug-likeness (QED) is 0.803. The molecule has 0 aromatic carbocycles. The lowest BCUT2D eigenvalue weighted by Crippen LogP contribution is -1.99. The van der Waals surface area contributed by atoms with Crippen molar-refractivity contribution in [1.29, 1.82) is 0 Å². The van der Waals surface area contributed by atoms with E-state index in [1.54, 1.807) is 12.1 Å². The fraction of sp³-hybridized carbons (Fsp3) is 0. The van der Waals surface area contributed by atoms with Crippen molar-refractivity contribution in [2.24, 2.45) is 0 Å². The van der Waals surface area contributed by atoms with Crippen LogP contribution in [0.4, 0.5) is 5.13 Å². The Morgan fingerprint density at radius 3 is 2.94 bits per heavy atom. The van der Waals surface area contributed by atoms with Crippen molar-refractivity contribution in [2.45, 2.75) is 0 Å². The highest BCUT2D eigenvalue weighted by Gasteiger charge is 2.19. The molecule has 0 radical (unpaired) electrons. The van der Waals surface area contributed by atoms with Gasteiger partial charge in [0.2, 0.25) is 0 Å². The molecule has 0 unspecified atom stereocenters. The number of carbonyl (C=O) groups is 1. The second-order valence-corrected chi connectivity index (χ2v) is 4.27. The van der Waals surface area contributed by atoms with Crippen LogP contribution in [0.25, 0.3) is 10.4 Å². The Bertz CT molecular complexity index is 555. The van der Waals surface area contributed by atoms with Crippen molar-refractivity contribution in [1.82, 2.24) is 9.97 Å². The number of aromatic carboxylic acids is 1. The highest BCUT2D eigenvalue weighted by atomic mass is 35.5. The van der Waals surface area contributed by atoms with Gasteiger partial charge in [-0.15, -0.1) is 0 Å². The number of rotatable bonds is 2. The minimum Gasteiger partial charge on any atom is -0.476 e. The minimum absolute atomic E-state index is 0.0996. The SMILES string of the molecule is Nc1nc(C(=O)O)c(-c2cccnc2Cl)s1. The molecule has 0 bridgehead atoms. The molecule has 0 fully saturated rings. The van der Waals surface area contributed by atoms with Gasteiger partial charge >= 0.3 is 5.97 Å². The molecule has 0 atom stereocenters. The molecule has 0 amide bonds. The Balaban J connectivity index is 2.64. The van der Waals surface area contributed by atoms with E-state index in [0.717, 1.165) is 11.3 Å². The lowest BCUT2D eigenvalue weighted by Gasteiger charge is -1.99. The van der Waals surface area contributed by atoms with Gasteiger partial charge in [-0.2, -0.15) is 0 Å². The van der Waals surface area contributed by atoms with Gasteiger partial charge in [0.1, 0.15) is 5.15 Å². The van der Waals surface area contributed by atoms with Gasteiger partial charge in [-0.05, 0) is 12.1 Å². The minimum atomic E-state index is -1.14. The predicted molar refractivity (Wildman–Crippen MR) is 61.7 cm³/mol. The van der Waals surface area contributed by atoms with E-state index in [1.165, 1.54) is 6.20 Å². The van der Waals surface area contributed by atoms with Crippen LogP contribution in [0.1, 0.15) is 10.5 Å². The van der Waals surface area contributed by atoms with Crippen LogP contribution >= 0.6 is 22.9 Å². The zero-order chi connectivity index (χ0) is 11.7. The smallest absolute Gasteiger partial charge is 0.356 e. The second kappa shape index (κ2) is 4.07. The Morgan fingerprint density at radius 1 is 1.56 bits per heavy atom. The number of thiazole rings is 1. The van der Waals surface area contributed by atoms with Crippen molar-refractivity contribution < 1.29 is 9.90 Å². The first-order valence-electron chi connectivity index (χ1n) is 4.20. The van der Waals surface area contributed by atoms with Gasteiger partial charge in [0.25, 0.3) is 0 Å². The first-order valence-corrected chi connectivity index (χ1v) is 5.39. The molecule has 0 aliphatic rings. The molecule has 82 valence electrons. The standard InChI is InChI=1S/C9H6ClN3O2S/c10-7-4(2-1-3-12-7)6-5(8(14)15)13-9(11)16-6/h1-3H,(H2,11,13)(H,14,15). The highest BCUT2D eigenvalue weighted by molar-refractivity contribution is 7.19. The fourth-order valence-electron chi connectivity index (χ4n) is 1.22. The molecule has 2 aromatic heterocycles. The van der Waals surface area contributed by atoms with Gasteiger partial charge in [-0.1, -0.05) is 22.9 Å². The van der Waals surface area contributed by atoms with E-state index in [-0.39, 0.29) is 16.0 Å². The molecule has 0 spiro atoms. The fourth-order valence-corrected chi connectivity index (χ4v) is 2.34. The summed E-state index contributed by atoms with van der Waals surface area (Å²) >= 11 is 6.95. The molecule has 0 saturated carbocycles. The van der Waals surface area contributed by atoms with E-state index in [9.17, 15) is 4.79 Å². The first-order chi connectivity index (χ1) is 7.59. The number of hydrogen-bond donors (Lipinski definition) is 2. The van der Waals surface area contributed by atoms with E-state index >= 15 is 0 Å². The van der Waals surface area contributed by atoms with Crippen LogP contribution < -0.4 is 5.73 Å². The van der Waals surface area contributed by atoms with E-state index in [1.807, 2.05) is 0 Å². The molecular weight excluding hydrogens is 250 g/mol. The van der Waals surface area contributed by atoms with Gasteiger partial charge < -0.3 is 10.8 Å². The topological polar surface area (TPSA) is 89.1 Å². The third kappa shape index (κ3) is 1.84. The summed E-state index contributed by atoms with van der Waals surface area (Å²) in [7, 11) is 0. The number of anilines is 1. The number of hydrogen-bond acceptors (Lipinski definition) is 5. The number of nitrogens with two attached hydrogens (primary N) is 1. The highest BCUT2D eigenvalue weighted by Crippen LogP contribution is 2.34. The molecule has 3 N–H and O–H groups in total. The van der Waals surface area contributed by atoms with Crippen LogP contribution in [-0.2, 0) is 0 Å². The van der Waals surface area contributed by atoms with E-state index in [4.69, 9.17) is 22.4 Å².